The maximum absolute atomic E-state index is 12.2. The molecule has 0 saturated carbocycles. The molecule has 4 atom stereocenters. The van der Waals surface area contributed by atoms with Gasteiger partial charge in [0.15, 0.2) is 0 Å². The molecule has 0 saturated heterocycles. The molecular weight excluding hydrogens is 1150 g/mol. The predicted molar refractivity (Wildman–Crippen MR) is 410 cm³/mol. The van der Waals surface area contributed by atoms with Crippen LogP contribution in [0.4, 0.5) is 22.7 Å². The monoisotopic (exact) mass is 1270 g/mol. The van der Waals surface area contributed by atoms with E-state index in [1.54, 1.807) is 28.2 Å². The zero-order chi connectivity index (χ0) is 70.7. The van der Waals surface area contributed by atoms with E-state index < -0.39 is 0 Å². The van der Waals surface area contributed by atoms with Gasteiger partial charge in [-0.3, -0.25) is 19.2 Å². The van der Waals surface area contributed by atoms with Gasteiger partial charge in [0.2, 0.25) is 23.6 Å². The molecule has 0 aliphatic carbocycles. The molecule has 0 spiro atoms. The highest BCUT2D eigenvalue weighted by Gasteiger charge is 2.27. The Bertz CT molecular complexity index is 2510. The summed E-state index contributed by atoms with van der Waals surface area (Å²) in [5.41, 5.74) is 7.97. The maximum Gasteiger partial charge on any atom is 0.247 e. The Morgan fingerprint density at radius 1 is 0.226 bits per heavy atom. The number of carbonyl (C=O) groups is 4. The molecule has 0 aliphatic rings. The molecule has 8 aromatic carbocycles. The second kappa shape index (κ2) is 61.7. The largest absolute Gasteiger partial charge is 0.359 e. The molecule has 8 rings (SSSR count). The van der Waals surface area contributed by atoms with Gasteiger partial charge in [-0.2, -0.15) is 0 Å². The lowest BCUT2D eigenvalue weighted by atomic mass is 10.0. The van der Waals surface area contributed by atoms with Crippen molar-refractivity contribution in [3.05, 3.63) is 265 Å². The number of rotatable bonds is 16. The first-order valence-electron chi connectivity index (χ1n) is 33.1. The summed E-state index contributed by atoms with van der Waals surface area (Å²) in [6.07, 6.45) is 0. The van der Waals surface area contributed by atoms with Gasteiger partial charge < -0.3 is 40.9 Å². The number of anilines is 4. The van der Waals surface area contributed by atoms with Gasteiger partial charge in [0.05, 0.1) is 0 Å². The smallest absolute Gasteiger partial charge is 0.247 e. The van der Waals surface area contributed by atoms with Crippen LogP contribution in [0.1, 0.15) is 165 Å². The molecule has 0 aromatic heterocycles. The first-order chi connectivity index (χ1) is 44.9. The number of para-hydroxylation sites is 4. The van der Waals surface area contributed by atoms with Crippen LogP contribution in [0.25, 0.3) is 0 Å². The Kier molecular flexibility index (Phi) is 61.4. The van der Waals surface area contributed by atoms with Crippen molar-refractivity contribution >= 4 is 46.4 Å². The highest BCUT2D eigenvalue weighted by molar-refractivity contribution is 5.88. The quantitative estimate of drug-likeness (QED) is 0.0753. The number of carbonyl (C=O) groups excluding carboxylic acids is 4. The lowest BCUT2D eigenvalue weighted by molar-refractivity contribution is -0.122. The van der Waals surface area contributed by atoms with E-state index in [9.17, 15) is 19.2 Å². The Morgan fingerprint density at radius 2 is 0.333 bits per heavy atom. The summed E-state index contributed by atoms with van der Waals surface area (Å²) in [5.74, 6) is -0.0646. The second-order valence-corrected chi connectivity index (χ2v) is 17.5. The van der Waals surface area contributed by atoms with Crippen molar-refractivity contribution in [1.29, 1.82) is 0 Å². The Hall–Kier alpha value is -9.16. The minimum atomic E-state index is -0.325. The van der Waals surface area contributed by atoms with Crippen LogP contribution in [0.2, 0.25) is 0 Å². The number of likely N-dealkylation sites (N-methyl/N-ethyl adjacent to an activating group) is 8. The summed E-state index contributed by atoms with van der Waals surface area (Å²) in [4.78, 5) is 56.6. The van der Waals surface area contributed by atoms with E-state index in [1.165, 1.54) is 0 Å². The fraction of sp³-hybridized carbons (Fsp3) is 0.358. The SMILES string of the molecule is C.CC.CC.CC.CC.CC.CC.CC.CC.CNC(=O)C(c1ccccc1)N(C)c1ccccc1.CNC(=O)C(c1ccccc1)N(C)c1ccccc1.CNC(=O)C(c1ccccc1)N(C)c1ccccc1.CNC(=O)C(c1ccccc1)N(C)c1ccccc1. The molecule has 4 amide bonds. The van der Waals surface area contributed by atoms with E-state index in [4.69, 9.17) is 0 Å². The molecule has 12 nitrogen and oxygen atoms in total. The van der Waals surface area contributed by atoms with Crippen molar-refractivity contribution in [2.45, 2.75) is 142 Å². The summed E-state index contributed by atoms with van der Waals surface area (Å²) in [7, 11) is 14.4. The van der Waals surface area contributed by atoms with Gasteiger partial charge in [-0.25, -0.2) is 0 Å². The van der Waals surface area contributed by atoms with Crippen LogP contribution >= 0.6 is 0 Å². The predicted octanol–water partition coefficient (Wildman–Crippen LogP) is 19.3. The highest BCUT2D eigenvalue weighted by atomic mass is 16.2. The van der Waals surface area contributed by atoms with Crippen molar-refractivity contribution in [2.75, 3.05) is 76.0 Å². The molecule has 512 valence electrons. The van der Waals surface area contributed by atoms with Gasteiger partial charge in [-0.1, -0.05) is 312 Å². The van der Waals surface area contributed by atoms with Crippen LogP contribution in [0, 0.1) is 0 Å². The van der Waals surface area contributed by atoms with E-state index in [2.05, 4.69) is 21.3 Å². The van der Waals surface area contributed by atoms with Crippen molar-refractivity contribution in [3.63, 3.8) is 0 Å². The van der Waals surface area contributed by atoms with Crippen LogP contribution in [0.15, 0.2) is 243 Å². The lowest BCUT2D eigenvalue weighted by Gasteiger charge is -2.29. The fourth-order valence-electron chi connectivity index (χ4n) is 8.54. The summed E-state index contributed by atoms with van der Waals surface area (Å²) in [6, 6.07) is 77.5. The maximum atomic E-state index is 12.2. The van der Waals surface area contributed by atoms with Crippen molar-refractivity contribution in [3.8, 4) is 0 Å². The molecule has 4 N–H and O–H groups in total. The third kappa shape index (κ3) is 33.6. The highest BCUT2D eigenvalue weighted by Crippen LogP contribution is 2.29. The van der Waals surface area contributed by atoms with Crippen LogP contribution in [-0.2, 0) is 19.2 Å². The molecule has 4 unspecified atom stereocenters. The Morgan fingerprint density at radius 3 is 0.441 bits per heavy atom. The number of hydrogen-bond acceptors (Lipinski definition) is 8. The van der Waals surface area contributed by atoms with Gasteiger partial charge in [-0.15, -0.1) is 0 Å². The lowest BCUT2D eigenvalue weighted by Crippen LogP contribution is -2.37. The summed E-state index contributed by atoms with van der Waals surface area (Å²) < 4.78 is 0. The van der Waals surface area contributed by atoms with E-state index in [0.717, 1.165) is 45.0 Å². The van der Waals surface area contributed by atoms with E-state index >= 15 is 0 Å². The molecular formula is C81H124N8O4. The number of nitrogens with one attached hydrogen (secondary N) is 4. The molecule has 0 bridgehead atoms. The first kappa shape index (κ1) is 92.6. The van der Waals surface area contributed by atoms with E-state index in [0.29, 0.717) is 0 Å². The first-order valence-corrected chi connectivity index (χ1v) is 33.1. The second-order valence-electron chi connectivity index (χ2n) is 17.5. The van der Waals surface area contributed by atoms with Crippen LogP contribution < -0.4 is 40.9 Å². The minimum Gasteiger partial charge on any atom is -0.359 e. The zero-order valence-corrected chi connectivity index (χ0v) is 60.8. The standard InChI is InChI=1S/4C16H18N2O.8C2H6.CH4/c4*1-17-16(19)15(13-9-5-3-6-10-13)18(2)14-11-7-4-8-12-14;8*1-2;/h4*3-12,15H,1-2H3,(H,17,19);8*1-2H3;1H4. The topological polar surface area (TPSA) is 129 Å². The average Bonchev–Trinajstić information content (AvgIpc) is 1.01. The van der Waals surface area contributed by atoms with Crippen LogP contribution in [0.5, 0.6) is 0 Å². The fourth-order valence-corrected chi connectivity index (χ4v) is 8.54. The number of amides is 4. The third-order valence-electron chi connectivity index (χ3n) is 12.6. The van der Waals surface area contributed by atoms with E-state index in [-0.39, 0.29) is 55.2 Å². The number of hydrogen-bond donors (Lipinski definition) is 4. The minimum absolute atomic E-state index is 0. The Balaban J connectivity index is -0.000000343. The summed E-state index contributed by atoms with van der Waals surface area (Å²) in [6.45, 7) is 32.0. The number of nitrogens with zero attached hydrogens (tertiary/aromatic N) is 4. The van der Waals surface area contributed by atoms with Crippen LogP contribution in [-0.4, -0.2) is 80.0 Å². The van der Waals surface area contributed by atoms with Gasteiger partial charge in [0.25, 0.3) is 0 Å². The average molecular weight is 1270 g/mol. The van der Waals surface area contributed by atoms with Gasteiger partial charge in [-0.05, 0) is 70.8 Å². The zero-order valence-electron chi connectivity index (χ0n) is 60.8. The summed E-state index contributed by atoms with van der Waals surface area (Å²) >= 11 is 0. The van der Waals surface area contributed by atoms with Gasteiger partial charge in [0.1, 0.15) is 24.2 Å². The normalized spacial score (nSPS) is 10.1. The summed E-state index contributed by atoms with van der Waals surface area (Å²) in [5, 5.41) is 10.9. The van der Waals surface area contributed by atoms with Crippen molar-refractivity contribution in [1.82, 2.24) is 21.3 Å². The molecule has 8 aromatic rings. The van der Waals surface area contributed by atoms with E-state index in [1.807, 2.05) is 401 Å². The van der Waals surface area contributed by atoms with Crippen LogP contribution in [0.3, 0.4) is 0 Å². The molecule has 0 fully saturated rings. The molecule has 93 heavy (non-hydrogen) atoms. The Labute approximate surface area is 567 Å². The van der Waals surface area contributed by atoms with Crippen molar-refractivity contribution < 1.29 is 19.2 Å². The third-order valence-corrected chi connectivity index (χ3v) is 12.6. The molecule has 0 radical (unpaired) electrons. The van der Waals surface area contributed by atoms with Gasteiger partial charge in [0, 0.05) is 79.1 Å². The molecule has 0 heterocycles. The van der Waals surface area contributed by atoms with Gasteiger partial charge >= 0.3 is 0 Å². The molecule has 12 heteroatoms. The number of benzene rings is 8. The van der Waals surface area contributed by atoms with Crippen molar-refractivity contribution in [2.24, 2.45) is 0 Å². The molecule has 0 aliphatic heterocycles.